The number of nitrogens with zero attached hydrogens (tertiary/aromatic N) is 3. The van der Waals surface area contributed by atoms with Gasteiger partial charge in [0.15, 0.2) is 0 Å². The monoisotopic (exact) mass is 218 g/mol. The number of nitrogens with one attached hydrogen (secondary N) is 1. The zero-order valence-electron chi connectivity index (χ0n) is 9.23. The summed E-state index contributed by atoms with van der Waals surface area (Å²) in [5.41, 5.74) is 1.34. The number of nitriles is 1. The Morgan fingerprint density at radius 2 is 2.50 bits per heavy atom. The maximum Gasteiger partial charge on any atom is 0.223 e. The number of hydrogen-bond acceptors (Lipinski definition) is 5. The molecular formula is C11H14N4O. The Balaban J connectivity index is 2.27. The van der Waals surface area contributed by atoms with Crippen LogP contribution in [0.25, 0.3) is 0 Å². The molecule has 0 bridgehead atoms. The van der Waals surface area contributed by atoms with E-state index in [1.165, 1.54) is 0 Å². The first kappa shape index (κ1) is 12.1. The summed E-state index contributed by atoms with van der Waals surface area (Å²) in [5.74, 6) is 0.443. The molecule has 0 atom stereocenters. The van der Waals surface area contributed by atoms with Crippen molar-refractivity contribution in [3.8, 4) is 6.07 Å². The number of rotatable bonds is 6. The number of ether oxygens (including phenoxy) is 1. The van der Waals surface area contributed by atoms with Crippen LogP contribution in [0.15, 0.2) is 24.4 Å². The third kappa shape index (κ3) is 4.53. The molecule has 84 valence electrons. The van der Waals surface area contributed by atoms with Crippen molar-refractivity contribution in [3.05, 3.63) is 30.1 Å². The van der Waals surface area contributed by atoms with Gasteiger partial charge in [0.1, 0.15) is 11.8 Å². The molecule has 0 aliphatic heterocycles. The maximum atomic E-state index is 8.63. The Morgan fingerprint density at radius 1 is 1.69 bits per heavy atom. The van der Waals surface area contributed by atoms with E-state index in [0.29, 0.717) is 31.4 Å². The summed E-state index contributed by atoms with van der Waals surface area (Å²) in [6, 6.07) is 3.51. The molecule has 1 N–H and O–H groups in total. The van der Waals surface area contributed by atoms with Crippen LogP contribution in [0.4, 0.5) is 5.95 Å². The van der Waals surface area contributed by atoms with Gasteiger partial charge in [0, 0.05) is 12.7 Å². The van der Waals surface area contributed by atoms with E-state index >= 15 is 0 Å². The van der Waals surface area contributed by atoms with Crippen LogP contribution in [0.1, 0.15) is 12.6 Å². The number of aromatic nitrogens is 2. The van der Waals surface area contributed by atoms with Gasteiger partial charge in [-0.1, -0.05) is 12.2 Å². The van der Waals surface area contributed by atoms with Gasteiger partial charge in [0.25, 0.3) is 0 Å². The molecule has 0 amide bonds. The molecule has 5 heteroatoms. The Hall–Kier alpha value is -1.93. The molecular weight excluding hydrogens is 204 g/mol. The van der Waals surface area contributed by atoms with Crippen LogP contribution in [0.2, 0.25) is 0 Å². The van der Waals surface area contributed by atoms with Crippen molar-refractivity contribution >= 4 is 5.95 Å². The summed E-state index contributed by atoms with van der Waals surface area (Å²) >= 11 is 0. The van der Waals surface area contributed by atoms with Gasteiger partial charge >= 0.3 is 0 Å². The molecule has 1 heterocycles. The fourth-order valence-corrected chi connectivity index (χ4v) is 0.988. The lowest BCUT2D eigenvalue weighted by atomic mass is 10.4. The first-order valence-corrected chi connectivity index (χ1v) is 4.91. The van der Waals surface area contributed by atoms with E-state index in [-0.39, 0.29) is 0 Å². The van der Waals surface area contributed by atoms with Crippen molar-refractivity contribution in [2.24, 2.45) is 0 Å². The lowest BCUT2D eigenvalue weighted by Gasteiger charge is -2.05. The molecule has 0 fully saturated rings. The lowest BCUT2D eigenvalue weighted by molar-refractivity contribution is 0.167. The molecule has 0 unspecified atom stereocenters. The van der Waals surface area contributed by atoms with Crippen LogP contribution in [0, 0.1) is 11.3 Å². The fourth-order valence-electron chi connectivity index (χ4n) is 0.988. The Labute approximate surface area is 94.8 Å². The molecule has 16 heavy (non-hydrogen) atoms. The van der Waals surface area contributed by atoms with Crippen molar-refractivity contribution in [1.82, 2.24) is 9.97 Å². The second-order valence-corrected chi connectivity index (χ2v) is 3.31. The molecule has 0 aliphatic carbocycles. The van der Waals surface area contributed by atoms with Crippen molar-refractivity contribution in [1.29, 1.82) is 5.26 Å². The highest BCUT2D eigenvalue weighted by Gasteiger charge is 1.97. The van der Waals surface area contributed by atoms with Crippen molar-refractivity contribution in [2.75, 3.05) is 25.1 Å². The van der Waals surface area contributed by atoms with E-state index in [9.17, 15) is 0 Å². The van der Waals surface area contributed by atoms with Gasteiger partial charge in [-0.15, -0.1) is 0 Å². The van der Waals surface area contributed by atoms with Crippen LogP contribution in [0.3, 0.4) is 0 Å². The summed E-state index contributed by atoms with van der Waals surface area (Å²) in [4.78, 5) is 7.94. The van der Waals surface area contributed by atoms with E-state index in [2.05, 4.69) is 21.9 Å². The number of hydrogen-bond donors (Lipinski definition) is 1. The van der Waals surface area contributed by atoms with E-state index in [1.807, 2.05) is 13.0 Å². The highest BCUT2D eigenvalue weighted by molar-refractivity contribution is 5.29. The third-order valence-electron chi connectivity index (χ3n) is 1.65. The van der Waals surface area contributed by atoms with Crippen LogP contribution < -0.4 is 5.32 Å². The lowest BCUT2D eigenvalue weighted by Crippen LogP contribution is -2.12. The van der Waals surface area contributed by atoms with Crippen LogP contribution in [-0.2, 0) is 4.74 Å². The molecule has 0 saturated heterocycles. The topological polar surface area (TPSA) is 70.8 Å². The van der Waals surface area contributed by atoms with Crippen molar-refractivity contribution in [3.63, 3.8) is 0 Å². The number of anilines is 1. The second-order valence-electron chi connectivity index (χ2n) is 3.31. The summed E-state index contributed by atoms with van der Waals surface area (Å²) in [6.45, 7) is 7.34. The van der Waals surface area contributed by atoms with Crippen molar-refractivity contribution in [2.45, 2.75) is 6.92 Å². The Morgan fingerprint density at radius 3 is 3.19 bits per heavy atom. The molecule has 0 radical (unpaired) electrons. The summed E-state index contributed by atoms with van der Waals surface area (Å²) in [6.07, 6.45) is 1.54. The van der Waals surface area contributed by atoms with Gasteiger partial charge in [-0.2, -0.15) is 5.26 Å². The molecule has 1 aromatic heterocycles. The minimum atomic E-state index is 0.348. The molecule has 0 saturated carbocycles. The molecule has 5 nitrogen and oxygen atoms in total. The predicted octanol–water partition coefficient (Wildman–Crippen LogP) is 1.35. The largest absolute Gasteiger partial charge is 0.375 e. The second kappa shape index (κ2) is 6.53. The Bertz CT molecular complexity index is 397. The summed E-state index contributed by atoms with van der Waals surface area (Å²) < 4.78 is 5.29. The predicted molar refractivity (Wildman–Crippen MR) is 60.9 cm³/mol. The van der Waals surface area contributed by atoms with E-state index < -0.39 is 0 Å². The zero-order chi connectivity index (χ0) is 11.8. The maximum absolute atomic E-state index is 8.63. The SMILES string of the molecule is C=C(C)COCCNc1nccc(C#N)n1. The fraction of sp³-hybridized carbons (Fsp3) is 0.364. The van der Waals surface area contributed by atoms with Gasteiger partial charge in [-0.25, -0.2) is 9.97 Å². The smallest absolute Gasteiger partial charge is 0.223 e. The highest BCUT2D eigenvalue weighted by Crippen LogP contribution is 1.98. The third-order valence-corrected chi connectivity index (χ3v) is 1.65. The minimum absolute atomic E-state index is 0.348. The molecule has 0 aliphatic rings. The van der Waals surface area contributed by atoms with E-state index in [0.717, 1.165) is 5.57 Å². The van der Waals surface area contributed by atoms with Crippen molar-refractivity contribution < 1.29 is 4.74 Å². The molecule has 0 aromatic carbocycles. The van der Waals surface area contributed by atoms with Crippen LogP contribution in [-0.4, -0.2) is 29.7 Å². The molecule has 1 rings (SSSR count). The van der Waals surface area contributed by atoms with E-state index in [4.69, 9.17) is 10.00 Å². The van der Waals surface area contributed by atoms with Gasteiger partial charge in [-0.3, -0.25) is 0 Å². The first-order chi connectivity index (χ1) is 7.72. The standard InChI is InChI=1S/C11H14N4O/c1-9(2)8-16-6-5-14-11-13-4-3-10(7-12)15-11/h3-4H,1,5-6,8H2,2H3,(H,13,14,15). The summed E-state index contributed by atoms with van der Waals surface area (Å²) in [7, 11) is 0. The summed E-state index contributed by atoms with van der Waals surface area (Å²) in [5, 5.41) is 11.6. The van der Waals surface area contributed by atoms with Gasteiger partial charge in [0.05, 0.1) is 13.2 Å². The molecule has 1 aromatic rings. The quantitative estimate of drug-likeness (QED) is 0.576. The minimum Gasteiger partial charge on any atom is -0.375 e. The normalized spacial score (nSPS) is 9.50. The average Bonchev–Trinajstić information content (AvgIpc) is 2.28. The van der Waals surface area contributed by atoms with Gasteiger partial charge in [-0.05, 0) is 13.0 Å². The van der Waals surface area contributed by atoms with E-state index in [1.54, 1.807) is 12.3 Å². The average molecular weight is 218 g/mol. The first-order valence-electron chi connectivity index (χ1n) is 4.91. The van der Waals surface area contributed by atoms with Crippen LogP contribution >= 0.6 is 0 Å². The van der Waals surface area contributed by atoms with Gasteiger partial charge < -0.3 is 10.1 Å². The van der Waals surface area contributed by atoms with Gasteiger partial charge in [0.2, 0.25) is 5.95 Å². The highest BCUT2D eigenvalue weighted by atomic mass is 16.5. The van der Waals surface area contributed by atoms with Crippen LogP contribution in [0.5, 0.6) is 0 Å². The zero-order valence-corrected chi connectivity index (χ0v) is 9.23. The molecule has 0 spiro atoms. The Kier molecular flexibility index (Phi) is 4.96.